The topological polar surface area (TPSA) is 63.5 Å². The first-order valence-electron chi connectivity index (χ1n) is 6.64. The summed E-state index contributed by atoms with van der Waals surface area (Å²) in [4.78, 5) is 24.7. The monoisotopic (exact) mass is 342 g/mol. The maximum absolute atomic E-state index is 12.6. The lowest BCUT2D eigenvalue weighted by atomic mass is 10.2. The number of carbonyl (C=O) groups excluding carboxylic acids is 1. The van der Waals surface area contributed by atoms with E-state index >= 15 is 0 Å². The van der Waals surface area contributed by atoms with Crippen LogP contribution in [0.5, 0.6) is 0 Å². The van der Waals surface area contributed by atoms with E-state index in [9.17, 15) is 14.9 Å². The quantitative estimate of drug-likeness (QED) is 0.365. The minimum absolute atomic E-state index is 0.0287. The lowest BCUT2D eigenvalue weighted by Gasteiger charge is -2.13. The molecule has 1 saturated heterocycles. The number of hydrogen-bond donors (Lipinski definition) is 0. The average molecular weight is 342 g/mol. The van der Waals surface area contributed by atoms with Crippen molar-refractivity contribution in [3.05, 3.63) is 75.2 Å². The first-order chi connectivity index (χ1) is 11.1. The molecule has 0 N–H and O–H groups in total. The highest BCUT2D eigenvalue weighted by atomic mass is 32.2. The third-order valence-electron chi connectivity index (χ3n) is 3.21. The number of anilines is 1. The summed E-state index contributed by atoms with van der Waals surface area (Å²) in [6.45, 7) is 0. The molecule has 2 aromatic rings. The summed E-state index contributed by atoms with van der Waals surface area (Å²) in [7, 11) is 0. The summed E-state index contributed by atoms with van der Waals surface area (Å²) in [6.07, 6.45) is 1.78. The Morgan fingerprint density at radius 2 is 1.74 bits per heavy atom. The number of thioether (sulfide) groups is 1. The van der Waals surface area contributed by atoms with Crippen molar-refractivity contribution in [1.82, 2.24) is 0 Å². The second-order valence-electron chi connectivity index (χ2n) is 4.70. The zero-order chi connectivity index (χ0) is 16.4. The number of non-ortho nitro benzene ring substituents is 1. The number of amides is 1. The van der Waals surface area contributed by atoms with Crippen molar-refractivity contribution in [2.75, 3.05) is 4.90 Å². The first-order valence-corrected chi connectivity index (χ1v) is 7.86. The molecule has 5 nitrogen and oxygen atoms in total. The molecule has 1 aliphatic rings. The average Bonchev–Trinajstić information content (AvgIpc) is 2.82. The van der Waals surface area contributed by atoms with Gasteiger partial charge in [-0.3, -0.25) is 19.8 Å². The molecule has 2 aromatic carbocycles. The Morgan fingerprint density at radius 1 is 1.09 bits per heavy atom. The summed E-state index contributed by atoms with van der Waals surface area (Å²) < 4.78 is 0.408. The lowest BCUT2D eigenvalue weighted by molar-refractivity contribution is -0.384. The molecule has 0 bridgehead atoms. The molecule has 1 heterocycles. The van der Waals surface area contributed by atoms with Crippen molar-refractivity contribution in [3.8, 4) is 0 Å². The fraction of sp³-hybridized carbons (Fsp3) is 0. The van der Waals surface area contributed by atoms with Gasteiger partial charge in [-0.1, -0.05) is 54.3 Å². The highest BCUT2D eigenvalue weighted by Gasteiger charge is 2.33. The number of rotatable bonds is 3. The van der Waals surface area contributed by atoms with Gasteiger partial charge in [0, 0.05) is 12.1 Å². The summed E-state index contributed by atoms with van der Waals surface area (Å²) in [5, 5.41) is 10.7. The van der Waals surface area contributed by atoms with Crippen molar-refractivity contribution in [3.63, 3.8) is 0 Å². The number of nitro groups is 1. The maximum atomic E-state index is 12.6. The summed E-state index contributed by atoms with van der Waals surface area (Å²) in [6, 6.07) is 15.2. The zero-order valence-corrected chi connectivity index (χ0v) is 13.3. The van der Waals surface area contributed by atoms with Crippen LogP contribution in [0.4, 0.5) is 11.4 Å². The van der Waals surface area contributed by atoms with E-state index in [-0.39, 0.29) is 11.6 Å². The number of hydrogen-bond acceptors (Lipinski definition) is 5. The van der Waals surface area contributed by atoms with Crippen LogP contribution in [-0.4, -0.2) is 15.2 Å². The number of thiocarbonyl (C=S) groups is 1. The molecule has 1 aliphatic heterocycles. The predicted octanol–water partition coefficient (Wildman–Crippen LogP) is 4.00. The van der Waals surface area contributed by atoms with Crippen LogP contribution in [0.2, 0.25) is 0 Å². The van der Waals surface area contributed by atoms with Crippen LogP contribution >= 0.6 is 24.0 Å². The van der Waals surface area contributed by atoms with Gasteiger partial charge in [0.2, 0.25) is 0 Å². The van der Waals surface area contributed by atoms with Crippen LogP contribution in [0.15, 0.2) is 59.5 Å². The molecule has 1 amide bonds. The van der Waals surface area contributed by atoms with Crippen LogP contribution < -0.4 is 4.90 Å². The van der Waals surface area contributed by atoms with E-state index in [0.29, 0.717) is 14.9 Å². The van der Waals surface area contributed by atoms with Gasteiger partial charge in [-0.2, -0.15) is 0 Å². The molecule has 3 rings (SSSR count). The molecule has 0 atom stereocenters. The van der Waals surface area contributed by atoms with Crippen LogP contribution in [0.1, 0.15) is 5.56 Å². The van der Waals surface area contributed by atoms with Gasteiger partial charge < -0.3 is 0 Å². The normalized spacial score (nSPS) is 16.2. The van der Waals surface area contributed by atoms with Crippen molar-refractivity contribution in [2.45, 2.75) is 0 Å². The third kappa shape index (κ3) is 3.15. The molecule has 7 heteroatoms. The number of nitro benzene ring substituents is 1. The molecular weight excluding hydrogens is 332 g/mol. The minimum Gasteiger partial charge on any atom is -0.268 e. The van der Waals surface area contributed by atoms with E-state index in [1.165, 1.54) is 40.9 Å². The molecule has 1 fully saturated rings. The van der Waals surface area contributed by atoms with E-state index in [2.05, 4.69) is 0 Å². The second-order valence-corrected chi connectivity index (χ2v) is 6.38. The number of carbonyl (C=O) groups is 1. The Kier molecular flexibility index (Phi) is 4.22. The van der Waals surface area contributed by atoms with Gasteiger partial charge in [-0.25, -0.2) is 0 Å². The van der Waals surface area contributed by atoms with Gasteiger partial charge >= 0.3 is 0 Å². The number of nitrogens with zero attached hydrogens (tertiary/aromatic N) is 2. The van der Waals surface area contributed by atoms with Gasteiger partial charge in [0.1, 0.15) is 0 Å². The second kappa shape index (κ2) is 6.31. The Balaban J connectivity index is 1.90. The molecule has 0 radical (unpaired) electrons. The zero-order valence-electron chi connectivity index (χ0n) is 11.7. The summed E-state index contributed by atoms with van der Waals surface area (Å²) in [5.74, 6) is -0.224. The Morgan fingerprint density at radius 3 is 2.35 bits per heavy atom. The Hall–Kier alpha value is -2.51. The number of benzene rings is 2. The fourth-order valence-electron chi connectivity index (χ4n) is 2.11. The van der Waals surface area contributed by atoms with Crippen molar-refractivity contribution >= 4 is 51.7 Å². The molecule has 23 heavy (non-hydrogen) atoms. The lowest BCUT2D eigenvalue weighted by Crippen LogP contribution is -2.27. The Bertz CT molecular complexity index is 817. The summed E-state index contributed by atoms with van der Waals surface area (Å²) >= 11 is 6.49. The van der Waals surface area contributed by atoms with Gasteiger partial charge in [0.15, 0.2) is 4.32 Å². The fourth-order valence-corrected chi connectivity index (χ4v) is 3.41. The Labute approximate surface area is 141 Å². The molecule has 0 unspecified atom stereocenters. The van der Waals surface area contributed by atoms with Gasteiger partial charge in [0.25, 0.3) is 11.6 Å². The van der Waals surface area contributed by atoms with E-state index in [1.807, 2.05) is 30.3 Å². The van der Waals surface area contributed by atoms with Gasteiger partial charge in [0.05, 0.1) is 15.5 Å². The summed E-state index contributed by atoms with van der Waals surface area (Å²) in [5.41, 5.74) is 1.41. The van der Waals surface area contributed by atoms with Crippen molar-refractivity contribution in [1.29, 1.82) is 0 Å². The largest absolute Gasteiger partial charge is 0.270 e. The molecule has 0 aromatic heterocycles. The minimum atomic E-state index is -0.483. The molecule has 0 saturated carbocycles. The maximum Gasteiger partial charge on any atom is 0.270 e. The van der Waals surface area contributed by atoms with Crippen LogP contribution in [0.25, 0.3) is 6.08 Å². The SMILES string of the molecule is O=C1/C(=C/c2ccccc2)SC(=S)N1c1ccc([N+](=O)[O-])cc1. The molecule has 0 spiro atoms. The standard InChI is InChI=1S/C16H10N2O3S2/c19-15-14(10-11-4-2-1-3-5-11)23-16(22)17(15)12-6-8-13(9-7-12)18(20)21/h1-10H/b14-10-. The van der Waals surface area contributed by atoms with E-state index in [0.717, 1.165) is 5.56 Å². The van der Waals surface area contributed by atoms with E-state index < -0.39 is 4.92 Å². The van der Waals surface area contributed by atoms with Gasteiger partial charge in [-0.15, -0.1) is 0 Å². The van der Waals surface area contributed by atoms with Crippen LogP contribution in [-0.2, 0) is 4.79 Å². The van der Waals surface area contributed by atoms with E-state index in [4.69, 9.17) is 12.2 Å². The molecular formula is C16H10N2O3S2. The third-order valence-corrected chi connectivity index (χ3v) is 4.51. The highest BCUT2D eigenvalue weighted by molar-refractivity contribution is 8.27. The highest BCUT2D eigenvalue weighted by Crippen LogP contribution is 2.36. The first kappa shape index (κ1) is 15.4. The van der Waals surface area contributed by atoms with Gasteiger partial charge in [-0.05, 0) is 23.8 Å². The van der Waals surface area contributed by atoms with Crippen LogP contribution in [0.3, 0.4) is 0 Å². The van der Waals surface area contributed by atoms with Crippen molar-refractivity contribution in [2.24, 2.45) is 0 Å². The predicted molar refractivity (Wildman–Crippen MR) is 95.2 cm³/mol. The molecule has 114 valence electrons. The van der Waals surface area contributed by atoms with E-state index in [1.54, 1.807) is 6.08 Å². The smallest absolute Gasteiger partial charge is 0.268 e. The van der Waals surface area contributed by atoms with Crippen LogP contribution in [0, 0.1) is 10.1 Å². The molecule has 0 aliphatic carbocycles. The van der Waals surface area contributed by atoms with Crippen molar-refractivity contribution < 1.29 is 9.72 Å².